The second kappa shape index (κ2) is 15.6. The van der Waals surface area contributed by atoms with Gasteiger partial charge in [0.25, 0.3) is 5.69 Å². The Morgan fingerprint density at radius 3 is 1.85 bits per heavy atom. The number of unbranched alkanes of at least 4 members (excludes halogenated alkanes) is 3. The molecule has 1 fully saturated rings. The summed E-state index contributed by atoms with van der Waals surface area (Å²) < 4.78 is 0. The van der Waals surface area contributed by atoms with E-state index in [2.05, 4.69) is 78.0 Å². The third-order valence-corrected chi connectivity index (χ3v) is 8.80. The summed E-state index contributed by atoms with van der Waals surface area (Å²) in [6, 6.07) is 17.5. The molecule has 5 rings (SSSR count). The number of nitrogens with zero attached hydrogens (tertiary/aromatic N) is 5. The lowest BCUT2D eigenvalue weighted by molar-refractivity contribution is -0.384. The van der Waals surface area contributed by atoms with Gasteiger partial charge in [-0.25, -0.2) is 0 Å². The minimum absolute atomic E-state index is 0.0816. The van der Waals surface area contributed by atoms with Gasteiger partial charge in [0.1, 0.15) is 0 Å². The van der Waals surface area contributed by atoms with Gasteiger partial charge < -0.3 is 4.90 Å². The lowest BCUT2D eigenvalue weighted by atomic mass is 10.0. The zero-order valence-electron chi connectivity index (χ0n) is 27.6. The zero-order chi connectivity index (χ0) is 32.5. The first kappa shape index (κ1) is 32.8. The van der Waals surface area contributed by atoms with Crippen LogP contribution < -0.4 is 4.90 Å². The molecular formula is C39H45N5O2. The Morgan fingerprint density at radius 2 is 1.30 bits per heavy atom. The van der Waals surface area contributed by atoms with E-state index in [-0.39, 0.29) is 5.69 Å². The van der Waals surface area contributed by atoms with Crippen molar-refractivity contribution in [1.82, 2.24) is 14.9 Å². The molecular weight excluding hydrogens is 570 g/mol. The van der Waals surface area contributed by atoms with E-state index in [0.717, 1.165) is 65.4 Å². The summed E-state index contributed by atoms with van der Waals surface area (Å²) in [7, 11) is 0. The molecule has 46 heavy (non-hydrogen) atoms. The van der Waals surface area contributed by atoms with Crippen LogP contribution in [0.1, 0.15) is 71.8 Å². The van der Waals surface area contributed by atoms with E-state index in [1.165, 1.54) is 61.2 Å². The zero-order valence-corrected chi connectivity index (χ0v) is 27.6. The summed E-state index contributed by atoms with van der Waals surface area (Å²) in [5, 5.41) is 10.9. The predicted molar refractivity (Wildman–Crippen MR) is 192 cm³/mol. The van der Waals surface area contributed by atoms with Crippen molar-refractivity contribution in [3.63, 3.8) is 0 Å². The molecule has 2 aromatic heterocycles. The van der Waals surface area contributed by atoms with E-state index < -0.39 is 4.92 Å². The summed E-state index contributed by atoms with van der Waals surface area (Å²) in [6.07, 6.45) is 17.2. The topological polar surface area (TPSA) is 75.4 Å². The first-order valence-electron chi connectivity index (χ1n) is 16.4. The Labute approximate surface area is 273 Å². The largest absolute Gasteiger partial charge is 0.369 e. The van der Waals surface area contributed by atoms with Crippen molar-refractivity contribution in [2.75, 3.05) is 37.6 Å². The van der Waals surface area contributed by atoms with E-state index in [1.54, 1.807) is 12.1 Å². The number of rotatable bonds is 12. The number of aryl methyl sites for hydroxylation is 3. The third-order valence-electron chi connectivity index (χ3n) is 8.80. The van der Waals surface area contributed by atoms with Crippen molar-refractivity contribution in [2.24, 2.45) is 0 Å². The summed E-state index contributed by atoms with van der Waals surface area (Å²) in [5.41, 5.74) is 10.8. The molecule has 2 aromatic carbocycles. The van der Waals surface area contributed by atoms with Crippen molar-refractivity contribution < 1.29 is 4.92 Å². The number of pyridine rings is 2. The molecule has 0 saturated carbocycles. The number of anilines is 1. The van der Waals surface area contributed by atoms with Crippen LogP contribution in [-0.2, 0) is 0 Å². The molecule has 0 bridgehead atoms. The summed E-state index contributed by atoms with van der Waals surface area (Å²) >= 11 is 0. The van der Waals surface area contributed by atoms with Gasteiger partial charge in [-0.05, 0) is 110 Å². The Morgan fingerprint density at radius 1 is 0.717 bits per heavy atom. The Bertz CT molecular complexity index is 1700. The maximum Gasteiger partial charge on any atom is 0.269 e. The summed E-state index contributed by atoms with van der Waals surface area (Å²) in [4.78, 5) is 25.1. The Hall–Kier alpha value is -4.62. The van der Waals surface area contributed by atoms with Crippen LogP contribution in [0.15, 0.2) is 67.0 Å². The normalized spacial score (nSPS) is 14.0. The van der Waals surface area contributed by atoms with Gasteiger partial charge in [0.2, 0.25) is 0 Å². The van der Waals surface area contributed by atoms with Crippen LogP contribution in [0.4, 0.5) is 11.4 Å². The average molecular weight is 616 g/mol. The van der Waals surface area contributed by atoms with Gasteiger partial charge in [-0.3, -0.25) is 25.0 Å². The van der Waals surface area contributed by atoms with Crippen molar-refractivity contribution in [1.29, 1.82) is 0 Å². The predicted octanol–water partition coefficient (Wildman–Crippen LogP) is 9.02. The summed E-state index contributed by atoms with van der Waals surface area (Å²) in [6.45, 7) is 14.3. The lowest BCUT2D eigenvalue weighted by Gasteiger charge is -2.37. The van der Waals surface area contributed by atoms with Gasteiger partial charge >= 0.3 is 0 Å². The van der Waals surface area contributed by atoms with Crippen LogP contribution >= 0.6 is 0 Å². The average Bonchev–Trinajstić information content (AvgIpc) is 3.06. The molecule has 0 N–H and O–H groups in total. The third kappa shape index (κ3) is 8.55. The number of non-ortho nitro benzene ring substituents is 1. The number of benzene rings is 2. The number of nitro benzene ring substituents is 1. The molecule has 0 atom stereocenters. The second-order valence-electron chi connectivity index (χ2n) is 12.3. The fourth-order valence-electron chi connectivity index (χ4n) is 6.00. The minimum atomic E-state index is -0.394. The number of nitro groups is 1. The summed E-state index contributed by atoms with van der Waals surface area (Å²) in [5.74, 6) is 0. The standard InChI is InChI=1S/C39H45N5O2/c1-5-6-7-8-19-42-20-22-43(23-21-42)39-18-13-33(24-31(39)4)12-17-38-30(3)26-35(28-41-38)34-25-29(2)37(40-27-34)16-11-32-9-14-36(15-10-32)44(45)46/h9-18,24-28H,5-8,19-23H2,1-4H3/b16-11+,17-12+. The van der Waals surface area contributed by atoms with Crippen molar-refractivity contribution in [2.45, 2.75) is 53.4 Å². The van der Waals surface area contributed by atoms with Crippen molar-refractivity contribution in [3.8, 4) is 11.1 Å². The monoisotopic (exact) mass is 615 g/mol. The molecule has 0 aliphatic carbocycles. The van der Waals surface area contributed by atoms with Crippen molar-refractivity contribution >= 4 is 35.7 Å². The van der Waals surface area contributed by atoms with Crippen LogP contribution in [0, 0.1) is 30.9 Å². The Kier molecular flexibility index (Phi) is 11.1. The van der Waals surface area contributed by atoms with Gasteiger partial charge in [-0.15, -0.1) is 0 Å². The van der Waals surface area contributed by atoms with Gasteiger partial charge in [0.05, 0.1) is 16.3 Å². The number of piperazine rings is 1. The first-order chi connectivity index (χ1) is 22.3. The molecule has 0 amide bonds. The van der Waals surface area contributed by atoms with Gasteiger partial charge in [-0.1, -0.05) is 44.4 Å². The molecule has 238 valence electrons. The van der Waals surface area contributed by atoms with Crippen LogP contribution in [-0.4, -0.2) is 52.5 Å². The highest BCUT2D eigenvalue weighted by Gasteiger charge is 2.18. The number of hydrogen-bond acceptors (Lipinski definition) is 6. The second-order valence-corrected chi connectivity index (χ2v) is 12.3. The number of hydrogen-bond donors (Lipinski definition) is 0. The first-order valence-corrected chi connectivity index (χ1v) is 16.4. The molecule has 0 spiro atoms. The Balaban J connectivity index is 1.19. The molecule has 1 aliphatic heterocycles. The quantitative estimate of drug-likeness (QED) is 0.0899. The highest BCUT2D eigenvalue weighted by molar-refractivity contribution is 5.74. The maximum atomic E-state index is 10.9. The van der Waals surface area contributed by atoms with E-state index in [4.69, 9.17) is 4.98 Å². The van der Waals surface area contributed by atoms with Crippen LogP contribution in [0.25, 0.3) is 35.4 Å². The fraction of sp³-hybridized carbons (Fsp3) is 0.333. The van der Waals surface area contributed by atoms with E-state index in [9.17, 15) is 10.1 Å². The van der Waals surface area contributed by atoms with Crippen molar-refractivity contribution in [3.05, 3.63) is 116 Å². The van der Waals surface area contributed by atoms with Crippen LogP contribution in [0.3, 0.4) is 0 Å². The fourth-order valence-corrected chi connectivity index (χ4v) is 6.00. The molecule has 7 nitrogen and oxygen atoms in total. The molecule has 4 aromatic rings. The van der Waals surface area contributed by atoms with Crippen LogP contribution in [0.5, 0.6) is 0 Å². The van der Waals surface area contributed by atoms with Gasteiger partial charge in [-0.2, -0.15) is 0 Å². The lowest BCUT2D eigenvalue weighted by Crippen LogP contribution is -2.46. The smallest absolute Gasteiger partial charge is 0.269 e. The molecule has 1 saturated heterocycles. The molecule has 0 radical (unpaired) electrons. The SMILES string of the molecule is CCCCCCN1CCN(c2ccc(/C=C/c3ncc(-c4cnc(/C=C/c5ccc([N+](=O)[O-])cc5)c(C)c4)cc3C)cc2C)CC1. The highest BCUT2D eigenvalue weighted by Crippen LogP contribution is 2.26. The maximum absolute atomic E-state index is 10.9. The van der Waals surface area contributed by atoms with Gasteiger partial charge in [0, 0.05) is 67.5 Å². The molecule has 1 aliphatic rings. The van der Waals surface area contributed by atoms with E-state index in [1.807, 2.05) is 31.5 Å². The highest BCUT2D eigenvalue weighted by atomic mass is 16.6. The molecule has 7 heteroatoms. The minimum Gasteiger partial charge on any atom is -0.369 e. The van der Waals surface area contributed by atoms with Gasteiger partial charge in [0.15, 0.2) is 0 Å². The molecule has 0 unspecified atom stereocenters. The van der Waals surface area contributed by atoms with Crippen LogP contribution in [0.2, 0.25) is 0 Å². The molecule has 3 heterocycles. The van der Waals surface area contributed by atoms with E-state index in [0.29, 0.717) is 0 Å². The number of aromatic nitrogens is 2. The van der Waals surface area contributed by atoms with E-state index >= 15 is 0 Å².